The summed E-state index contributed by atoms with van der Waals surface area (Å²) in [4.78, 5) is 14.0. The highest BCUT2D eigenvalue weighted by atomic mass is 16.5. The van der Waals surface area contributed by atoms with Crippen molar-refractivity contribution in [3.05, 3.63) is 47.8 Å². The van der Waals surface area contributed by atoms with Gasteiger partial charge in [-0.3, -0.25) is 4.99 Å². The van der Waals surface area contributed by atoms with Crippen LogP contribution < -0.4 is 10.1 Å². The van der Waals surface area contributed by atoms with Crippen LogP contribution >= 0.6 is 0 Å². The smallest absolute Gasteiger partial charge is 0.223 e. The van der Waals surface area contributed by atoms with E-state index in [1.165, 1.54) is 70.6 Å². The minimum atomic E-state index is 0.477. The van der Waals surface area contributed by atoms with Crippen LogP contribution in [0.25, 0.3) is 11.3 Å². The molecule has 1 aromatic heterocycles. The van der Waals surface area contributed by atoms with Gasteiger partial charge < -0.3 is 10.1 Å². The van der Waals surface area contributed by atoms with Gasteiger partial charge >= 0.3 is 0 Å². The number of hydrogen-bond donors (Lipinski definition) is 1. The molecule has 5 heteroatoms. The van der Waals surface area contributed by atoms with Crippen LogP contribution in [0.2, 0.25) is 0 Å². The molecule has 34 heavy (non-hydrogen) atoms. The normalized spacial score (nSPS) is 17.1. The molecular weight excluding hydrogens is 420 g/mol. The van der Waals surface area contributed by atoms with Crippen molar-refractivity contribution in [1.29, 1.82) is 0 Å². The van der Waals surface area contributed by atoms with E-state index in [-0.39, 0.29) is 0 Å². The SMILES string of the molecule is C1CCCCC1.COc1ccc(/C(N=C(C)C)=C(/C)c2ccnc(NC3CCCCC3)n2)cc1. The summed E-state index contributed by atoms with van der Waals surface area (Å²) in [7, 11) is 1.67. The van der Waals surface area contributed by atoms with Crippen molar-refractivity contribution in [1.82, 2.24) is 9.97 Å². The Kier molecular flexibility index (Phi) is 10.6. The monoisotopic (exact) mass is 462 g/mol. The fourth-order valence-electron chi connectivity index (χ4n) is 4.59. The molecule has 5 nitrogen and oxygen atoms in total. The molecule has 0 unspecified atom stereocenters. The number of nitrogens with zero attached hydrogens (tertiary/aromatic N) is 3. The summed E-state index contributed by atoms with van der Waals surface area (Å²) in [6.45, 7) is 6.08. The average molecular weight is 463 g/mol. The van der Waals surface area contributed by atoms with Gasteiger partial charge in [0, 0.05) is 29.1 Å². The molecule has 2 aliphatic carbocycles. The van der Waals surface area contributed by atoms with Crippen LogP contribution in [0.15, 0.2) is 41.5 Å². The summed E-state index contributed by atoms with van der Waals surface area (Å²) in [5.74, 6) is 1.54. The number of benzene rings is 1. The Bertz CT molecular complexity index is 923. The summed E-state index contributed by atoms with van der Waals surface area (Å²) in [5, 5.41) is 3.51. The molecule has 4 rings (SSSR count). The third-order valence-corrected chi connectivity index (χ3v) is 6.53. The van der Waals surface area contributed by atoms with Crippen LogP contribution in [0.1, 0.15) is 103 Å². The lowest BCUT2D eigenvalue weighted by atomic mass is 9.96. The maximum absolute atomic E-state index is 5.28. The van der Waals surface area contributed by atoms with Crippen molar-refractivity contribution in [2.24, 2.45) is 4.99 Å². The Morgan fingerprint density at radius 2 is 1.44 bits per heavy atom. The Labute approximate surface area is 206 Å². The van der Waals surface area contributed by atoms with Gasteiger partial charge in [-0.2, -0.15) is 0 Å². The molecule has 0 radical (unpaired) electrons. The lowest BCUT2D eigenvalue weighted by Crippen LogP contribution is -2.23. The number of nitrogens with one attached hydrogen (secondary N) is 1. The van der Waals surface area contributed by atoms with Gasteiger partial charge in [0.15, 0.2) is 0 Å². The standard InChI is InChI=1S/C23H30N4O.C6H12/c1-16(2)25-22(18-10-12-20(28-4)13-11-18)17(3)21-14-15-24-23(27-21)26-19-8-6-5-7-9-19;1-2-4-6-5-3-1/h10-15,19H,5-9H2,1-4H3,(H,24,26,27);1-6H2/b22-17+;. The van der Waals surface area contributed by atoms with Crippen LogP contribution in [-0.2, 0) is 0 Å². The highest BCUT2D eigenvalue weighted by Gasteiger charge is 2.15. The van der Waals surface area contributed by atoms with Gasteiger partial charge in [0.2, 0.25) is 5.95 Å². The number of aromatic nitrogens is 2. The largest absolute Gasteiger partial charge is 0.497 e. The predicted molar refractivity (Wildman–Crippen MR) is 144 cm³/mol. The van der Waals surface area contributed by atoms with E-state index in [0.29, 0.717) is 12.0 Å². The Morgan fingerprint density at radius 1 is 0.853 bits per heavy atom. The Balaban J connectivity index is 0.000000469. The van der Waals surface area contributed by atoms with Gasteiger partial charge in [-0.05, 0) is 63.9 Å². The summed E-state index contributed by atoms with van der Waals surface area (Å²) in [5.41, 5.74) is 4.88. The summed E-state index contributed by atoms with van der Waals surface area (Å²) < 4.78 is 5.28. The molecule has 2 aliphatic rings. The third-order valence-electron chi connectivity index (χ3n) is 6.53. The fraction of sp³-hybridized carbons (Fsp3) is 0.552. The second-order valence-electron chi connectivity index (χ2n) is 9.63. The van der Waals surface area contributed by atoms with Crippen molar-refractivity contribution in [3.63, 3.8) is 0 Å². The lowest BCUT2D eigenvalue weighted by molar-refractivity contribution is 0.415. The molecule has 1 heterocycles. The minimum Gasteiger partial charge on any atom is -0.497 e. The number of methoxy groups -OCH3 is 1. The lowest BCUT2D eigenvalue weighted by Gasteiger charge is -2.22. The summed E-state index contributed by atoms with van der Waals surface area (Å²) >= 11 is 0. The van der Waals surface area contributed by atoms with E-state index in [4.69, 9.17) is 14.7 Å². The number of aliphatic imine (C=N–C) groups is 1. The van der Waals surface area contributed by atoms with E-state index < -0.39 is 0 Å². The van der Waals surface area contributed by atoms with Gasteiger partial charge in [-0.25, -0.2) is 9.97 Å². The molecule has 2 saturated carbocycles. The fourth-order valence-corrected chi connectivity index (χ4v) is 4.59. The van der Waals surface area contributed by atoms with Crippen LogP contribution in [0.3, 0.4) is 0 Å². The zero-order valence-electron chi connectivity index (χ0n) is 21.6. The molecule has 0 atom stereocenters. The molecular formula is C29H42N4O. The van der Waals surface area contributed by atoms with E-state index >= 15 is 0 Å². The first-order valence-electron chi connectivity index (χ1n) is 13.0. The second-order valence-corrected chi connectivity index (χ2v) is 9.63. The summed E-state index contributed by atoms with van der Waals surface area (Å²) in [6.07, 6.45) is 17.1. The van der Waals surface area contributed by atoms with E-state index in [0.717, 1.165) is 34.0 Å². The Morgan fingerprint density at radius 3 is 2.00 bits per heavy atom. The molecule has 2 aromatic rings. The highest BCUT2D eigenvalue weighted by molar-refractivity contribution is 5.95. The van der Waals surface area contributed by atoms with Crippen molar-refractivity contribution in [3.8, 4) is 5.75 Å². The van der Waals surface area contributed by atoms with Crippen LogP contribution in [0, 0.1) is 0 Å². The highest BCUT2D eigenvalue weighted by Crippen LogP contribution is 2.29. The number of hydrogen-bond acceptors (Lipinski definition) is 5. The molecule has 0 spiro atoms. The van der Waals surface area contributed by atoms with Gasteiger partial charge in [0.1, 0.15) is 5.75 Å². The topological polar surface area (TPSA) is 59.4 Å². The molecule has 0 amide bonds. The van der Waals surface area contributed by atoms with Crippen LogP contribution in [-0.4, -0.2) is 28.8 Å². The molecule has 1 aromatic carbocycles. The maximum Gasteiger partial charge on any atom is 0.223 e. The first-order valence-corrected chi connectivity index (χ1v) is 13.0. The third kappa shape index (κ3) is 8.27. The zero-order valence-corrected chi connectivity index (χ0v) is 21.6. The van der Waals surface area contributed by atoms with E-state index in [1.807, 2.05) is 50.4 Å². The van der Waals surface area contributed by atoms with Crippen LogP contribution in [0.4, 0.5) is 5.95 Å². The van der Waals surface area contributed by atoms with Gasteiger partial charge in [-0.1, -0.05) is 57.8 Å². The van der Waals surface area contributed by atoms with E-state index in [1.54, 1.807) is 7.11 Å². The van der Waals surface area contributed by atoms with Crippen molar-refractivity contribution in [2.45, 2.75) is 97.4 Å². The molecule has 2 fully saturated rings. The first kappa shape index (κ1) is 25.9. The number of ether oxygens (including phenoxy) is 1. The molecule has 0 aliphatic heterocycles. The number of anilines is 1. The Hall–Kier alpha value is -2.69. The number of allylic oxidation sites excluding steroid dienone is 1. The van der Waals surface area contributed by atoms with Gasteiger partial charge in [-0.15, -0.1) is 0 Å². The molecule has 184 valence electrons. The summed E-state index contributed by atoms with van der Waals surface area (Å²) in [6, 6.07) is 10.4. The zero-order chi connectivity index (χ0) is 24.2. The van der Waals surface area contributed by atoms with E-state index in [2.05, 4.69) is 17.2 Å². The number of rotatable bonds is 6. The molecule has 1 N–H and O–H groups in total. The van der Waals surface area contributed by atoms with Gasteiger partial charge in [0.25, 0.3) is 0 Å². The van der Waals surface area contributed by atoms with Crippen molar-refractivity contribution < 1.29 is 4.74 Å². The van der Waals surface area contributed by atoms with Crippen molar-refractivity contribution in [2.75, 3.05) is 12.4 Å². The molecule has 0 bridgehead atoms. The second kappa shape index (κ2) is 13.9. The van der Waals surface area contributed by atoms with Crippen LogP contribution in [0.5, 0.6) is 5.75 Å². The maximum atomic E-state index is 5.28. The molecule has 0 saturated heterocycles. The minimum absolute atomic E-state index is 0.477. The quantitative estimate of drug-likeness (QED) is 0.443. The predicted octanol–water partition coefficient (Wildman–Crippen LogP) is 7.94. The van der Waals surface area contributed by atoms with E-state index in [9.17, 15) is 0 Å². The average Bonchev–Trinajstić information content (AvgIpc) is 2.89. The van der Waals surface area contributed by atoms with Gasteiger partial charge in [0.05, 0.1) is 18.5 Å². The first-order chi connectivity index (χ1) is 16.6. The van der Waals surface area contributed by atoms with Crippen molar-refractivity contribution >= 4 is 22.9 Å².